The molecule has 2 aromatic carbocycles. The molecule has 0 spiro atoms. The van der Waals surface area contributed by atoms with Gasteiger partial charge in [0.1, 0.15) is 30.2 Å². The molecule has 1 amide bonds. The molecule has 1 N–H and O–H groups in total. The maximum Gasteiger partial charge on any atom is 0.257 e. The van der Waals surface area contributed by atoms with Gasteiger partial charge < -0.3 is 19.3 Å². The fourth-order valence-electron chi connectivity index (χ4n) is 3.13. The summed E-state index contributed by atoms with van der Waals surface area (Å²) in [5.74, 6) is 1.60. The SMILES string of the molecule is Cc1onc(-c2ccc(Cl)cc2)c1C(=O)N[C@@H](C)c1ccc2c(c1)OCCO2. The van der Waals surface area contributed by atoms with E-state index >= 15 is 0 Å². The highest BCUT2D eigenvalue weighted by Gasteiger charge is 2.24. The summed E-state index contributed by atoms with van der Waals surface area (Å²) in [6, 6.07) is 12.5. The molecular formula is C21H19ClN2O4. The van der Waals surface area contributed by atoms with Crippen LogP contribution in [0, 0.1) is 6.92 Å². The van der Waals surface area contributed by atoms with Crippen LogP contribution in [-0.2, 0) is 0 Å². The van der Waals surface area contributed by atoms with Gasteiger partial charge in [0, 0.05) is 10.6 Å². The van der Waals surface area contributed by atoms with Crippen LogP contribution in [-0.4, -0.2) is 24.3 Å². The van der Waals surface area contributed by atoms with Crippen molar-refractivity contribution in [1.82, 2.24) is 10.5 Å². The Morgan fingerprint density at radius 1 is 1.11 bits per heavy atom. The second-order valence-corrected chi connectivity index (χ2v) is 7.00. The largest absolute Gasteiger partial charge is 0.486 e. The van der Waals surface area contributed by atoms with Crippen molar-refractivity contribution < 1.29 is 18.8 Å². The lowest BCUT2D eigenvalue weighted by Crippen LogP contribution is -2.27. The fourth-order valence-corrected chi connectivity index (χ4v) is 3.25. The van der Waals surface area contributed by atoms with Gasteiger partial charge in [0.25, 0.3) is 5.91 Å². The number of hydrogen-bond acceptors (Lipinski definition) is 5. The Morgan fingerprint density at radius 3 is 2.57 bits per heavy atom. The highest BCUT2D eigenvalue weighted by Crippen LogP contribution is 2.33. The van der Waals surface area contributed by atoms with Crippen LogP contribution in [0.15, 0.2) is 47.0 Å². The van der Waals surface area contributed by atoms with E-state index in [0.29, 0.717) is 46.8 Å². The minimum atomic E-state index is -0.258. The van der Waals surface area contributed by atoms with Gasteiger partial charge in [-0.2, -0.15) is 0 Å². The molecular weight excluding hydrogens is 380 g/mol. The van der Waals surface area contributed by atoms with E-state index in [9.17, 15) is 4.79 Å². The third-order valence-corrected chi connectivity index (χ3v) is 4.87. The molecule has 0 bridgehead atoms. The molecule has 0 saturated heterocycles. The summed E-state index contributed by atoms with van der Waals surface area (Å²) in [6.45, 7) is 4.69. The monoisotopic (exact) mass is 398 g/mol. The Morgan fingerprint density at radius 2 is 1.82 bits per heavy atom. The number of nitrogens with one attached hydrogen (secondary N) is 1. The van der Waals surface area contributed by atoms with Gasteiger partial charge in [-0.3, -0.25) is 4.79 Å². The molecule has 7 heteroatoms. The van der Waals surface area contributed by atoms with Crippen molar-refractivity contribution in [2.75, 3.05) is 13.2 Å². The second-order valence-electron chi connectivity index (χ2n) is 6.57. The third-order valence-electron chi connectivity index (χ3n) is 4.62. The summed E-state index contributed by atoms with van der Waals surface area (Å²) in [4.78, 5) is 13.0. The van der Waals surface area contributed by atoms with Crippen LogP contribution in [0.25, 0.3) is 11.3 Å². The molecule has 1 atom stereocenters. The number of aromatic nitrogens is 1. The number of benzene rings is 2. The molecule has 0 radical (unpaired) electrons. The first-order valence-electron chi connectivity index (χ1n) is 8.95. The maximum absolute atomic E-state index is 13.0. The highest BCUT2D eigenvalue weighted by atomic mass is 35.5. The Balaban J connectivity index is 1.57. The zero-order chi connectivity index (χ0) is 19.7. The van der Waals surface area contributed by atoms with E-state index in [1.54, 1.807) is 31.2 Å². The average molecular weight is 399 g/mol. The predicted octanol–water partition coefficient (Wildman–Crippen LogP) is 4.57. The van der Waals surface area contributed by atoms with Gasteiger partial charge in [-0.05, 0) is 43.7 Å². The van der Waals surface area contributed by atoms with Gasteiger partial charge in [-0.1, -0.05) is 35.0 Å². The molecule has 3 aromatic rings. The minimum Gasteiger partial charge on any atom is -0.486 e. The maximum atomic E-state index is 13.0. The standard InChI is InChI=1S/C21H19ClN2O4/c1-12(15-5-8-17-18(11-15)27-10-9-26-17)23-21(25)19-13(2)28-24-20(19)14-3-6-16(22)7-4-14/h3-8,11-12H,9-10H2,1-2H3,(H,23,25)/t12-/m0/s1. The number of nitrogens with zero attached hydrogens (tertiary/aromatic N) is 1. The first kappa shape index (κ1) is 18.4. The number of ether oxygens (including phenoxy) is 2. The van der Waals surface area contributed by atoms with Gasteiger partial charge in [-0.15, -0.1) is 0 Å². The number of rotatable bonds is 4. The molecule has 28 heavy (non-hydrogen) atoms. The molecule has 144 valence electrons. The van der Waals surface area contributed by atoms with E-state index in [1.807, 2.05) is 25.1 Å². The molecule has 0 saturated carbocycles. The van der Waals surface area contributed by atoms with E-state index in [4.69, 9.17) is 25.6 Å². The molecule has 1 aliphatic rings. The number of carbonyl (C=O) groups is 1. The lowest BCUT2D eigenvalue weighted by Gasteiger charge is -2.21. The zero-order valence-electron chi connectivity index (χ0n) is 15.5. The Labute approximate surface area is 167 Å². The van der Waals surface area contributed by atoms with Crippen LogP contribution >= 0.6 is 11.6 Å². The molecule has 6 nitrogen and oxygen atoms in total. The number of hydrogen-bond donors (Lipinski definition) is 1. The number of aryl methyl sites for hydroxylation is 1. The van der Waals surface area contributed by atoms with Gasteiger partial charge in [0.05, 0.1) is 6.04 Å². The fraction of sp³-hybridized carbons (Fsp3) is 0.238. The van der Waals surface area contributed by atoms with Crippen LogP contribution < -0.4 is 14.8 Å². The van der Waals surface area contributed by atoms with Crippen LogP contribution in [0.5, 0.6) is 11.5 Å². The molecule has 0 unspecified atom stereocenters. The second kappa shape index (κ2) is 7.56. The van der Waals surface area contributed by atoms with E-state index in [0.717, 1.165) is 11.1 Å². The van der Waals surface area contributed by atoms with Crippen molar-refractivity contribution in [1.29, 1.82) is 0 Å². The van der Waals surface area contributed by atoms with Crippen molar-refractivity contribution >= 4 is 17.5 Å². The van der Waals surface area contributed by atoms with E-state index in [-0.39, 0.29) is 11.9 Å². The van der Waals surface area contributed by atoms with E-state index in [1.165, 1.54) is 0 Å². The van der Waals surface area contributed by atoms with Crippen LogP contribution in [0.1, 0.15) is 34.6 Å². The zero-order valence-corrected chi connectivity index (χ0v) is 16.2. The normalized spacial score (nSPS) is 13.8. The van der Waals surface area contributed by atoms with E-state index < -0.39 is 0 Å². The summed E-state index contributed by atoms with van der Waals surface area (Å²) in [5, 5.41) is 7.68. The third kappa shape index (κ3) is 3.55. The van der Waals surface area contributed by atoms with E-state index in [2.05, 4.69) is 10.5 Å². The smallest absolute Gasteiger partial charge is 0.257 e. The Bertz CT molecular complexity index is 1010. The Hall–Kier alpha value is -2.99. The molecule has 1 aliphatic heterocycles. The quantitative estimate of drug-likeness (QED) is 0.697. The number of halogens is 1. The summed E-state index contributed by atoms with van der Waals surface area (Å²) >= 11 is 5.95. The van der Waals surface area contributed by atoms with Crippen LogP contribution in [0.2, 0.25) is 5.02 Å². The van der Waals surface area contributed by atoms with Crippen molar-refractivity contribution in [3.8, 4) is 22.8 Å². The molecule has 2 heterocycles. The highest BCUT2D eigenvalue weighted by molar-refractivity contribution is 6.30. The number of fused-ring (bicyclic) bond motifs is 1. The van der Waals surface area contributed by atoms with Crippen molar-refractivity contribution in [2.24, 2.45) is 0 Å². The molecule has 1 aromatic heterocycles. The summed E-state index contributed by atoms with van der Waals surface area (Å²) < 4.78 is 16.5. The first-order valence-corrected chi connectivity index (χ1v) is 9.33. The van der Waals surface area contributed by atoms with Gasteiger partial charge in [0.2, 0.25) is 0 Å². The first-order chi connectivity index (χ1) is 13.5. The Kier molecular flexibility index (Phi) is 4.96. The van der Waals surface area contributed by atoms with Crippen molar-refractivity contribution in [3.05, 3.63) is 64.4 Å². The average Bonchev–Trinajstić information content (AvgIpc) is 3.09. The molecule has 0 aliphatic carbocycles. The molecule has 0 fully saturated rings. The predicted molar refractivity (Wildman–Crippen MR) is 105 cm³/mol. The van der Waals surface area contributed by atoms with Gasteiger partial charge >= 0.3 is 0 Å². The summed E-state index contributed by atoms with van der Waals surface area (Å²) in [6.07, 6.45) is 0. The van der Waals surface area contributed by atoms with Crippen molar-refractivity contribution in [3.63, 3.8) is 0 Å². The lowest BCUT2D eigenvalue weighted by atomic mass is 10.0. The topological polar surface area (TPSA) is 73.6 Å². The number of carbonyl (C=O) groups excluding carboxylic acids is 1. The van der Waals surface area contributed by atoms with Crippen LogP contribution in [0.3, 0.4) is 0 Å². The summed E-state index contributed by atoms with van der Waals surface area (Å²) in [7, 11) is 0. The van der Waals surface area contributed by atoms with Crippen LogP contribution in [0.4, 0.5) is 0 Å². The van der Waals surface area contributed by atoms with Gasteiger partial charge in [0.15, 0.2) is 11.5 Å². The lowest BCUT2D eigenvalue weighted by molar-refractivity contribution is 0.0938. The van der Waals surface area contributed by atoms with Gasteiger partial charge in [-0.25, -0.2) is 0 Å². The minimum absolute atomic E-state index is 0.240. The number of amides is 1. The molecule has 4 rings (SSSR count). The summed E-state index contributed by atoms with van der Waals surface area (Å²) in [5.41, 5.74) is 2.57. The van der Waals surface area contributed by atoms with Crippen molar-refractivity contribution in [2.45, 2.75) is 19.9 Å².